The normalized spacial score (nSPS) is 18.2. The first-order valence-corrected chi connectivity index (χ1v) is 5.68. The Morgan fingerprint density at radius 3 is 2.76 bits per heavy atom. The lowest BCUT2D eigenvalue weighted by atomic mass is 9.94. The molecular formula is C14H13NO2. The molecule has 2 aromatic rings. The van der Waals surface area contributed by atoms with Crippen molar-refractivity contribution in [3.63, 3.8) is 0 Å². The molecular weight excluding hydrogens is 214 g/mol. The summed E-state index contributed by atoms with van der Waals surface area (Å²) in [6.45, 7) is 0.638. The molecule has 3 rings (SSSR count). The van der Waals surface area contributed by atoms with Crippen LogP contribution in [0.3, 0.4) is 0 Å². The van der Waals surface area contributed by atoms with Crippen molar-refractivity contribution in [2.75, 3.05) is 13.6 Å². The summed E-state index contributed by atoms with van der Waals surface area (Å²) < 4.78 is 5.44. The Labute approximate surface area is 99.4 Å². The van der Waals surface area contributed by atoms with E-state index in [2.05, 4.69) is 5.32 Å². The average Bonchev–Trinajstić information content (AvgIpc) is 2.35. The summed E-state index contributed by atoms with van der Waals surface area (Å²) in [6, 6.07) is 11.8. The minimum absolute atomic E-state index is 0.189. The van der Waals surface area contributed by atoms with E-state index in [1.165, 1.54) is 0 Å². The minimum Gasteiger partial charge on any atom is -0.452 e. The minimum atomic E-state index is -0.227. The third-order valence-corrected chi connectivity index (χ3v) is 3.14. The molecule has 0 aliphatic carbocycles. The van der Waals surface area contributed by atoms with Gasteiger partial charge in [0.05, 0.1) is 5.56 Å². The molecule has 1 heterocycles. The van der Waals surface area contributed by atoms with Crippen molar-refractivity contribution in [1.29, 1.82) is 0 Å². The Kier molecular flexibility index (Phi) is 2.34. The molecule has 3 nitrogen and oxygen atoms in total. The summed E-state index contributed by atoms with van der Waals surface area (Å²) in [6.07, 6.45) is -0.189. The van der Waals surface area contributed by atoms with Crippen molar-refractivity contribution in [2.24, 2.45) is 0 Å². The van der Waals surface area contributed by atoms with Gasteiger partial charge in [0.2, 0.25) is 0 Å². The van der Waals surface area contributed by atoms with E-state index in [9.17, 15) is 4.79 Å². The van der Waals surface area contributed by atoms with Gasteiger partial charge in [0, 0.05) is 17.5 Å². The Hall–Kier alpha value is -1.87. The Bertz CT molecular complexity index is 587. The Balaban J connectivity index is 2.30. The number of nitrogens with one attached hydrogen (secondary N) is 1. The second-order valence-electron chi connectivity index (χ2n) is 4.20. The molecule has 3 heteroatoms. The second-order valence-corrected chi connectivity index (χ2v) is 4.20. The van der Waals surface area contributed by atoms with Gasteiger partial charge in [0.15, 0.2) is 0 Å². The van der Waals surface area contributed by atoms with Gasteiger partial charge in [-0.2, -0.15) is 0 Å². The van der Waals surface area contributed by atoms with E-state index >= 15 is 0 Å². The van der Waals surface area contributed by atoms with Crippen LogP contribution in [0.4, 0.5) is 0 Å². The molecule has 0 spiro atoms. The number of carbonyl (C=O) groups excluding carboxylic acids is 1. The van der Waals surface area contributed by atoms with Crippen LogP contribution in [0, 0.1) is 0 Å². The van der Waals surface area contributed by atoms with Gasteiger partial charge in [-0.1, -0.05) is 30.3 Å². The fourth-order valence-corrected chi connectivity index (χ4v) is 2.40. The van der Waals surface area contributed by atoms with Gasteiger partial charge in [-0.05, 0) is 18.5 Å². The molecule has 0 saturated heterocycles. The predicted molar refractivity (Wildman–Crippen MR) is 66.0 cm³/mol. The molecule has 1 aliphatic heterocycles. The summed E-state index contributed by atoms with van der Waals surface area (Å²) >= 11 is 0. The smallest absolute Gasteiger partial charge is 0.339 e. The highest BCUT2D eigenvalue weighted by Gasteiger charge is 2.27. The molecule has 1 unspecified atom stereocenters. The van der Waals surface area contributed by atoms with Crippen LogP contribution >= 0.6 is 0 Å². The maximum atomic E-state index is 11.9. The van der Waals surface area contributed by atoms with E-state index in [0.717, 1.165) is 16.3 Å². The van der Waals surface area contributed by atoms with Gasteiger partial charge in [-0.15, -0.1) is 0 Å². The third-order valence-electron chi connectivity index (χ3n) is 3.14. The molecule has 86 valence electrons. The predicted octanol–water partition coefficient (Wildman–Crippen LogP) is 2.27. The maximum absolute atomic E-state index is 11.9. The lowest BCUT2D eigenvalue weighted by Crippen LogP contribution is -2.26. The largest absolute Gasteiger partial charge is 0.452 e. The highest BCUT2D eigenvalue weighted by Crippen LogP contribution is 2.34. The Morgan fingerprint density at radius 1 is 1.24 bits per heavy atom. The lowest BCUT2D eigenvalue weighted by molar-refractivity contribution is 0.0288. The SMILES string of the molecule is CNCC1OC(=O)c2cccc3cccc1c23. The van der Waals surface area contributed by atoms with Gasteiger partial charge in [0.1, 0.15) is 6.10 Å². The number of rotatable bonds is 2. The number of cyclic esters (lactones) is 1. The van der Waals surface area contributed by atoms with Gasteiger partial charge >= 0.3 is 5.97 Å². The van der Waals surface area contributed by atoms with Crippen molar-refractivity contribution in [3.05, 3.63) is 47.5 Å². The highest BCUT2D eigenvalue weighted by atomic mass is 16.5. The number of hydrogen-bond acceptors (Lipinski definition) is 3. The highest BCUT2D eigenvalue weighted by molar-refractivity contribution is 6.07. The number of benzene rings is 2. The first-order chi connectivity index (χ1) is 8.31. The van der Waals surface area contributed by atoms with E-state index < -0.39 is 0 Å². The standard InChI is InChI=1S/C14H13NO2/c1-15-8-12-10-6-2-4-9-5-3-7-11(13(9)10)14(16)17-12/h2-7,12,15H,8H2,1H3. The zero-order valence-corrected chi connectivity index (χ0v) is 9.57. The van der Waals surface area contributed by atoms with Gasteiger partial charge < -0.3 is 10.1 Å². The molecule has 1 aliphatic rings. The van der Waals surface area contributed by atoms with E-state index in [1.807, 2.05) is 43.4 Å². The molecule has 0 amide bonds. The number of carbonyl (C=O) groups is 1. The van der Waals surface area contributed by atoms with E-state index in [1.54, 1.807) is 0 Å². The summed E-state index contributed by atoms with van der Waals surface area (Å²) in [4.78, 5) is 11.9. The summed E-state index contributed by atoms with van der Waals surface area (Å²) in [5.41, 5.74) is 1.76. The average molecular weight is 227 g/mol. The molecule has 1 N–H and O–H groups in total. The van der Waals surface area contributed by atoms with Crippen molar-refractivity contribution >= 4 is 16.7 Å². The first kappa shape index (κ1) is 10.3. The lowest BCUT2D eigenvalue weighted by Gasteiger charge is -2.25. The van der Waals surface area contributed by atoms with E-state index in [0.29, 0.717) is 12.1 Å². The van der Waals surface area contributed by atoms with Gasteiger partial charge in [0.25, 0.3) is 0 Å². The molecule has 0 bridgehead atoms. The number of esters is 1. The second kappa shape index (κ2) is 3.86. The van der Waals surface area contributed by atoms with E-state index in [-0.39, 0.29) is 12.1 Å². The third kappa shape index (κ3) is 1.51. The van der Waals surface area contributed by atoms with Crippen LogP contribution < -0.4 is 5.32 Å². The molecule has 1 atom stereocenters. The molecule has 0 saturated carbocycles. The summed E-state index contributed by atoms with van der Waals surface area (Å²) in [5.74, 6) is -0.227. The molecule has 17 heavy (non-hydrogen) atoms. The summed E-state index contributed by atoms with van der Waals surface area (Å²) in [5, 5.41) is 5.18. The van der Waals surface area contributed by atoms with Gasteiger partial charge in [-0.3, -0.25) is 0 Å². The first-order valence-electron chi connectivity index (χ1n) is 5.68. The van der Waals surface area contributed by atoms with Crippen LogP contribution in [0.25, 0.3) is 10.8 Å². The fourth-order valence-electron chi connectivity index (χ4n) is 2.40. The van der Waals surface area contributed by atoms with Crippen molar-refractivity contribution < 1.29 is 9.53 Å². The number of ether oxygens (including phenoxy) is 1. The fraction of sp³-hybridized carbons (Fsp3) is 0.214. The van der Waals surface area contributed by atoms with Crippen molar-refractivity contribution in [3.8, 4) is 0 Å². The topological polar surface area (TPSA) is 38.3 Å². The monoisotopic (exact) mass is 227 g/mol. The molecule has 0 aromatic heterocycles. The molecule has 0 fully saturated rings. The maximum Gasteiger partial charge on any atom is 0.339 e. The molecule has 0 radical (unpaired) electrons. The van der Waals surface area contributed by atoms with Crippen LogP contribution in [0.15, 0.2) is 36.4 Å². The van der Waals surface area contributed by atoms with Crippen LogP contribution in [0.5, 0.6) is 0 Å². The Morgan fingerprint density at radius 2 is 2.00 bits per heavy atom. The van der Waals surface area contributed by atoms with Crippen LogP contribution in [0.1, 0.15) is 22.0 Å². The van der Waals surface area contributed by atoms with Crippen molar-refractivity contribution in [1.82, 2.24) is 5.32 Å². The summed E-state index contributed by atoms with van der Waals surface area (Å²) in [7, 11) is 1.86. The van der Waals surface area contributed by atoms with Crippen LogP contribution in [-0.2, 0) is 4.74 Å². The van der Waals surface area contributed by atoms with Crippen LogP contribution in [-0.4, -0.2) is 19.6 Å². The van der Waals surface area contributed by atoms with E-state index in [4.69, 9.17) is 4.74 Å². The van der Waals surface area contributed by atoms with Crippen LogP contribution in [0.2, 0.25) is 0 Å². The number of likely N-dealkylation sites (N-methyl/N-ethyl adjacent to an activating group) is 1. The quantitative estimate of drug-likeness (QED) is 0.800. The number of hydrogen-bond donors (Lipinski definition) is 1. The molecule has 2 aromatic carbocycles. The zero-order chi connectivity index (χ0) is 11.8. The zero-order valence-electron chi connectivity index (χ0n) is 9.57. The van der Waals surface area contributed by atoms with Crippen molar-refractivity contribution in [2.45, 2.75) is 6.10 Å². The van der Waals surface area contributed by atoms with Gasteiger partial charge in [-0.25, -0.2) is 4.79 Å².